The van der Waals surface area contributed by atoms with Gasteiger partial charge in [-0.25, -0.2) is 9.59 Å². The number of carbonyl (C=O) groups excluding carboxylic acids is 4. The first-order valence-corrected chi connectivity index (χ1v) is 22.0. The number of nitrogens with zero attached hydrogens (tertiary/aromatic N) is 1. The van der Waals surface area contributed by atoms with Gasteiger partial charge in [-0.15, -0.1) is 0 Å². The van der Waals surface area contributed by atoms with Crippen LogP contribution in [0, 0.1) is 50.7 Å². The molecular formula is C46H73N3O8. The molecule has 4 saturated carbocycles. The number of Topliss-reactive ketones (excluding diaryl/α,β-unsaturated/α-hetero) is 1. The fourth-order valence-electron chi connectivity index (χ4n) is 13.6. The van der Waals surface area contributed by atoms with Gasteiger partial charge in [0.25, 0.3) is 0 Å². The monoisotopic (exact) mass is 796 g/mol. The second kappa shape index (κ2) is 14.6. The molecule has 0 aromatic heterocycles. The summed E-state index contributed by atoms with van der Waals surface area (Å²) in [6.07, 6.45) is 8.20. The molecule has 0 radical (unpaired) electrons. The van der Waals surface area contributed by atoms with Crippen molar-refractivity contribution in [2.75, 3.05) is 13.1 Å². The number of amides is 3. The van der Waals surface area contributed by atoms with Crippen LogP contribution in [-0.2, 0) is 23.9 Å². The molecular weight excluding hydrogens is 723 g/mol. The van der Waals surface area contributed by atoms with Gasteiger partial charge in [0, 0.05) is 31.0 Å². The lowest BCUT2D eigenvalue weighted by Crippen LogP contribution is -2.67. The highest BCUT2D eigenvalue weighted by molar-refractivity contribution is 6.02. The van der Waals surface area contributed by atoms with E-state index in [9.17, 15) is 29.1 Å². The summed E-state index contributed by atoms with van der Waals surface area (Å²) >= 11 is 0. The topological polar surface area (TPSA) is 151 Å². The molecule has 1 heterocycles. The van der Waals surface area contributed by atoms with Crippen molar-refractivity contribution in [1.29, 1.82) is 0 Å². The molecule has 3 N–H and O–H groups in total. The zero-order valence-corrected chi connectivity index (χ0v) is 37.1. The van der Waals surface area contributed by atoms with Gasteiger partial charge in [0.15, 0.2) is 5.78 Å². The Bertz CT molecular complexity index is 1690. The van der Waals surface area contributed by atoms with Crippen molar-refractivity contribution in [2.24, 2.45) is 50.7 Å². The second-order valence-corrected chi connectivity index (χ2v) is 22.3. The molecule has 11 nitrogen and oxygen atoms in total. The molecule has 11 heteroatoms. The summed E-state index contributed by atoms with van der Waals surface area (Å²) in [7, 11) is 0. The fraction of sp³-hybridized carbons (Fsp3) is 0.848. The maximum atomic E-state index is 14.2. The van der Waals surface area contributed by atoms with Crippen LogP contribution in [0.5, 0.6) is 0 Å². The van der Waals surface area contributed by atoms with Crippen molar-refractivity contribution in [2.45, 2.75) is 183 Å². The number of ether oxygens (including phenoxy) is 2. The van der Waals surface area contributed by atoms with Gasteiger partial charge < -0.3 is 30.1 Å². The van der Waals surface area contributed by atoms with E-state index < -0.39 is 34.6 Å². The molecule has 5 aliphatic carbocycles. The van der Waals surface area contributed by atoms with Crippen LogP contribution in [0.15, 0.2) is 11.1 Å². The number of carboxylic acid groups (broad SMARTS) is 1. The zero-order valence-electron chi connectivity index (χ0n) is 37.1. The average Bonchev–Trinajstić information content (AvgIpc) is 3.37. The first kappa shape index (κ1) is 43.5. The number of fused-ring (bicyclic) bond motifs is 7. The van der Waals surface area contributed by atoms with Gasteiger partial charge in [0.2, 0.25) is 0 Å². The number of carboxylic acids is 1. The number of rotatable bonds is 7. The predicted octanol–water partition coefficient (Wildman–Crippen LogP) is 8.83. The summed E-state index contributed by atoms with van der Waals surface area (Å²) in [6, 6.07) is -0.183. The van der Waals surface area contributed by atoms with E-state index in [0.717, 1.165) is 56.9 Å². The van der Waals surface area contributed by atoms with Crippen LogP contribution in [0.3, 0.4) is 0 Å². The summed E-state index contributed by atoms with van der Waals surface area (Å²) in [4.78, 5) is 67.5. The third-order valence-corrected chi connectivity index (χ3v) is 16.7. The minimum Gasteiger partial charge on any atom is -0.481 e. The second-order valence-electron chi connectivity index (χ2n) is 22.3. The molecule has 0 aromatic carbocycles. The average molecular weight is 796 g/mol. The molecule has 0 unspecified atom stereocenters. The van der Waals surface area contributed by atoms with E-state index >= 15 is 0 Å². The van der Waals surface area contributed by atoms with Crippen molar-refractivity contribution < 1.29 is 38.6 Å². The largest absolute Gasteiger partial charge is 0.481 e. The molecule has 3 amide bonds. The Hall–Kier alpha value is -3.11. The predicted molar refractivity (Wildman–Crippen MR) is 218 cm³/mol. The van der Waals surface area contributed by atoms with Crippen molar-refractivity contribution in [3.63, 3.8) is 0 Å². The van der Waals surface area contributed by atoms with Crippen LogP contribution < -0.4 is 10.6 Å². The maximum absolute atomic E-state index is 14.2. The van der Waals surface area contributed by atoms with E-state index in [1.807, 2.05) is 25.7 Å². The molecule has 1 saturated heterocycles. The summed E-state index contributed by atoms with van der Waals surface area (Å²) in [6.45, 7) is 26.0. The Kier molecular flexibility index (Phi) is 11.1. The van der Waals surface area contributed by atoms with Crippen LogP contribution >= 0.6 is 0 Å². The molecule has 1 aliphatic heterocycles. The Labute approximate surface area is 341 Å². The van der Waals surface area contributed by atoms with Crippen LogP contribution in [0.2, 0.25) is 0 Å². The van der Waals surface area contributed by atoms with Crippen LogP contribution in [0.1, 0.15) is 160 Å². The van der Waals surface area contributed by atoms with Crippen LogP contribution in [-0.4, -0.2) is 76.2 Å². The van der Waals surface area contributed by atoms with E-state index in [0.29, 0.717) is 44.2 Å². The molecule has 5 fully saturated rings. The van der Waals surface area contributed by atoms with Gasteiger partial charge in [-0.1, -0.05) is 48.5 Å². The lowest BCUT2D eigenvalue weighted by Gasteiger charge is -2.72. The van der Waals surface area contributed by atoms with Gasteiger partial charge in [-0.3, -0.25) is 14.4 Å². The first-order valence-electron chi connectivity index (χ1n) is 22.0. The molecule has 57 heavy (non-hydrogen) atoms. The van der Waals surface area contributed by atoms with Crippen molar-refractivity contribution in [3.8, 4) is 0 Å². The number of alkyl carbamates (subject to hydrolysis) is 1. The van der Waals surface area contributed by atoms with E-state index in [2.05, 4.69) is 59.1 Å². The van der Waals surface area contributed by atoms with Crippen LogP contribution in [0.25, 0.3) is 0 Å². The van der Waals surface area contributed by atoms with E-state index in [1.165, 1.54) is 5.57 Å². The Morgan fingerprint density at radius 3 is 2.09 bits per heavy atom. The summed E-state index contributed by atoms with van der Waals surface area (Å²) in [5.41, 5.74) is -0.611. The first-order chi connectivity index (χ1) is 26.2. The van der Waals surface area contributed by atoms with Gasteiger partial charge in [0.05, 0.1) is 17.4 Å². The van der Waals surface area contributed by atoms with Crippen molar-refractivity contribution >= 4 is 29.8 Å². The van der Waals surface area contributed by atoms with E-state index in [4.69, 9.17) is 9.47 Å². The third-order valence-electron chi connectivity index (χ3n) is 16.7. The Morgan fingerprint density at radius 2 is 1.49 bits per heavy atom. The number of ketones is 1. The van der Waals surface area contributed by atoms with Gasteiger partial charge >= 0.3 is 24.1 Å². The molecule has 0 aromatic rings. The molecule has 0 spiro atoms. The Balaban J connectivity index is 1.21. The number of aliphatic carboxylic acids is 1. The summed E-state index contributed by atoms with van der Waals surface area (Å²) < 4.78 is 11.6. The van der Waals surface area contributed by atoms with Gasteiger partial charge in [0.1, 0.15) is 11.7 Å². The quantitative estimate of drug-likeness (QED) is 0.216. The highest BCUT2D eigenvalue weighted by Crippen LogP contribution is 2.76. The van der Waals surface area contributed by atoms with Gasteiger partial charge in [-0.2, -0.15) is 0 Å². The molecule has 8 atom stereocenters. The normalized spacial score (nSPS) is 36.7. The number of likely N-dealkylation sites (tertiary alicyclic amines) is 1. The third kappa shape index (κ3) is 7.42. The zero-order chi connectivity index (χ0) is 42.3. The number of urea groups is 1. The summed E-state index contributed by atoms with van der Waals surface area (Å²) in [5, 5.41) is 16.1. The minimum absolute atomic E-state index is 0.00614. The highest BCUT2D eigenvalue weighted by Gasteiger charge is 2.70. The number of piperidine rings is 1. The highest BCUT2D eigenvalue weighted by atomic mass is 16.6. The SMILES string of the molecule is CC(C)C1=C2[C@H]3CC[C@@H]4[C@@]5(C)CC[C@H](OC(=O)CC(C)(C)C(=O)O)C(C)(C)[C@@H]5CC[C@@]4(C)[C@]3(C)CC[C@@]2(NC(=O)N2CCC(NC(=O)OC(C)(C)C)CC2)CC1=O. The number of allylic oxidation sites excluding steroid dienone is 1. The van der Waals surface area contributed by atoms with E-state index in [-0.39, 0.29) is 63.9 Å². The molecule has 6 rings (SSSR count). The minimum atomic E-state index is -1.18. The number of hydrogen-bond donors (Lipinski definition) is 3. The number of carbonyl (C=O) groups is 5. The fourth-order valence-corrected chi connectivity index (χ4v) is 13.6. The molecule has 320 valence electrons. The lowest BCUT2D eigenvalue weighted by atomic mass is 9.33. The number of hydrogen-bond acceptors (Lipinski definition) is 7. The van der Waals surface area contributed by atoms with Crippen LogP contribution in [0.4, 0.5) is 9.59 Å². The van der Waals surface area contributed by atoms with Crippen molar-refractivity contribution in [3.05, 3.63) is 11.1 Å². The molecule has 6 aliphatic rings. The summed E-state index contributed by atoms with van der Waals surface area (Å²) in [5.74, 6) is -0.233. The van der Waals surface area contributed by atoms with E-state index in [1.54, 1.807) is 13.8 Å². The Morgan fingerprint density at radius 1 is 0.842 bits per heavy atom. The standard InChI is InChI=1S/C46H73N3O8/c1-27(2)35-30(50)25-46(48-38(54)49-23-17-28(18-24-49)47-39(55)57-40(3,4)5)22-21-44(11)29(36(35)46)13-14-32-43(10)19-16-33(56-34(51)26-41(6,7)37(52)53)42(8,9)31(43)15-20-45(32,44)12/h27-29,31-33H,13-26H2,1-12H3,(H,47,55)(H,48,54)(H,52,53)/t29-,31+,32-,33+,43+,44-,45-,46-/m1/s1. The maximum Gasteiger partial charge on any atom is 0.407 e. The van der Waals surface area contributed by atoms with Crippen molar-refractivity contribution in [1.82, 2.24) is 15.5 Å². The number of esters is 1. The lowest BCUT2D eigenvalue weighted by molar-refractivity contribution is -0.232. The smallest absolute Gasteiger partial charge is 0.407 e. The number of nitrogens with one attached hydrogen (secondary N) is 2. The van der Waals surface area contributed by atoms with Gasteiger partial charge in [-0.05, 0) is 150 Å². The molecule has 0 bridgehead atoms.